The van der Waals surface area contributed by atoms with Gasteiger partial charge in [0.1, 0.15) is 0 Å². The van der Waals surface area contributed by atoms with Crippen molar-refractivity contribution in [2.75, 3.05) is 54.1 Å². The number of carbonyl (C=O) groups is 1. The maximum Gasteiger partial charge on any atom is 0.230 e. The summed E-state index contributed by atoms with van der Waals surface area (Å²) in [6, 6.07) is 0. The van der Waals surface area contributed by atoms with Crippen molar-refractivity contribution in [2.24, 2.45) is 10.4 Å². The van der Waals surface area contributed by atoms with E-state index in [9.17, 15) is 4.79 Å². The minimum atomic E-state index is -0.286. The Labute approximate surface area is 157 Å². The average molecular weight is 369 g/mol. The number of amides is 1. The molecule has 1 amide bonds. The fraction of sp³-hybridized carbons (Fsp3) is 0.895. The summed E-state index contributed by atoms with van der Waals surface area (Å²) in [5.41, 5.74) is -0.286. The van der Waals surface area contributed by atoms with Gasteiger partial charge in [0.15, 0.2) is 5.96 Å². The number of nitrogens with one attached hydrogen (secondary N) is 2. The monoisotopic (exact) mass is 368 g/mol. The first kappa shape index (κ1) is 21.0. The maximum absolute atomic E-state index is 12.6. The van der Waals surface area contributed by atoms with Crippen molar-refractivity contribution in [1.29, 1.82) is 0 Å². The molecule has 7 nitrogen and oxygen atoms in total. The van der Waals surface area contributed by atoms with Crippen molar-refractivity contribution in [2.45, 2.75) is 51.0 Å². The molecule has 1 aliphatic heterocycles. The Balaban J connectivity index is 1.64. The molecule has 0 aromatic heterocycles. The van der Waals surface area contributed by atoms with Crippen molar-refractivity contribution in [3.05, 3.63) is 0 Å². The Hall–Kier alpha value is -1.34. The van der Waals surface area contributed by atoms with Gasteiger partial charge in [-0.1, -0.05) is 12.8 Å². The van der Waals surface area contributed by atoms with Crippen molar-refractivity contribution < 1.29 is 14.3 Å². The molecule has 26 heavy (non-hydrogen) atoms. The van der Waals surface area contributed by atoms with Crippen LogP contribution in [0, 0.1) is 5.41 Å². The van der Waals surface area contributed by atoms with E-state index in [0.717, 1.165) is 64.1 Å². The standard InChI is InChI=1S/C19H36N4O3/c1-20-18(21-11-7-12-25-14-16-8-6-13-26-16)22-15-19(9-4-5-10-19)17(24)23(2)3/h16H,4-15H2,1-3H3,(H2,20,21,22). The number of guanidine groups is 1. The van der Waals surface area contributed by atoms with Crippen LogP contribution in [0.25, 0.3) is 0 Å². The normalized spacial score (nSPS) is 22.4. The molecule has 1 unspecified atom stereocenters. The fourth-order valence-electron chi connectivity index (χ4n) is 3.84. The van der Waals surface area contributed by atoms with Gasteiger partial charge < -0.3 is 25.0 Å². The third kappa shape index (κ3) is 6.13. The molecule has 1 saturated carbocycles. The van der Waals surface area contributed by atoms with E-state index < -0.39 is 0 Å². The minimum absolute atomic E-state index is 0.223. The van der Waals surface area contributed by atoms with Crippen LogP contribution in [0.3, 0.4) is 0 Å². The zero-order chi connectivity index (χ0) is 18.8. The highest BCUT2D eigenvalue weighted by Crippen LogP contribution is 2.38. The van der Waals surface area contributed by atoms with Gasteiger partial charge in [0.05, 0.1) is 18.1 Å². The van der Waals surface area contributed by atoms with Crippen LogP contribution < -0.4 is 10.6 Å². The van der Waals surface area contributed by atoms with Gasteiger partial charge in [0.25, 0.3) is 0 Å². The fourth-order valence-corrected chi connectivity index (χ4v) is 3.84. The quantitative estimate of drug-likeness (QED) is 0.365. The molecule has 2 fully saturated rings. The smallest absolute Gasteiger partial charge is 0.230 e. The number of hydrogen-bond donors (Lipinski definition) is 2. The number of rotatable bonds is 9. The first-order valence-electron chi connectivity index (χ1n) is 9.93. The summed E-state index contributed by atoms with van der Waals surface area (Å²) in [6.07, 6.45) is 7.60. The van der Waals surface area contributed by atoms with E-state index in [1.54, 1.807) is 11.9 Å². The van der Waals surface area contributed by atoms with Crippen LogP contribution in [-0.2, 0) is 14.3 Å². The molecule has 0 aromatic rings. The molecule has 0 aromatic carbocycles. The highest BCUT2D eigenvalue weighted by molar-refractivity contribution is 5.85. The second-order valence-electron chi connectivity index (χ2n) is 7.60. The van der Waals surface area contributed by atoms with E-state index in [1.165, 1.54) is 0 Å². The summed E-state index contributed by atoms with van der Waals surface area (Å²) in [7, 11) is 5.44. The molecule has 1 heterocycles. The molecule has 1 atom stereocenters. The van der Waals surface area contributed by atoms with E-state index in [0.29, 0.717) is 19.8 Å². The second-order valence-corrected chi connectivity index (χ2v) is 7.60. The molecule has 2 aliphatic rings. The Bertz CT molecular complexity index is 456. The lowest BCUT2D eigenvalue weighted by atomic mass is 9.84. The third-order valence-corrected chi connectivity index (χ3v) is 5.32. The highest BCUT2D eigenvalue weighted by atomic mass is 16.5. The summed E-state index contributed by atoms with van der Waals surface area (Å²) in [5.74, 6) is 0.974. The molecule has 2 rings (SSSR count). The van der Waals surface area contributed by atoms with E-state index in [4.69, 9.17) is 9.47 Å². The van der Waals surface area contributed by atoms with Crippen LogP contribution in [0.2, 0.25) is 0 Å². The lowest BCUT2D eigenvalue weighted by molar-refractivity contribution is -0.138. The molecular formula is C19H36N4O3. The van der Waals surface area contributed by atoms with Gasteiger partial charge in [-0.05, 0) is 32.1 Å². The Morgan fingerprint density at radius 1 is 1.27 bits per heavy atom. The molecule has 0 bridgehead atoms. The lowest BCUT2D eigenvalue weighted by Gasteiger charge is -2.31. The predicted octanol–water partition coefficient (Wildman–Crippen LogP) is 1.39. The topological polar surface area (TPSA) is 75.2 Å². The van der Waals surface area contributed by atoms with Gasteiger partial charge in [0, 0.05) is 47.4 Å². The van der Waals surface area contributed by atoms with Gasteiger partial charge in [-0.25, -0.2) is 0 Å². The highest BCUT2D eigenvalue weighted by Gasteiger charge is 2.42. The Morgan fingerprint density at radius 3 is 2.65 bits per heavy atom. The zero-order valence-corrected chi connectivity index (χ0v) is 16.7. The van der Waals surface area contributed by atoms with Crippen molar-refractivity contribution in [3.8, 4) is 0 Å². The molecule has 1 saturated heterocycles. The first-order valence-corrected chi connectivity index (χ1v) is 9.93. The summed E-state index contributed by atoms with van der Waals surface area (Å²) in [5, 5.41) is 6.66. The van der Waals surface area contributed by atoms with Crippen LogP contribution in [0.1, 0.15) is 44.9 Å². The van der Waals surface area contributed by atoms with Crippen LogP contribution in [0.5, 0.6) is 0 Å². The van der Waals surface area contributed by atoms with Crippen LogP contribution >= 0.6 is 0 Å². The second kappa shape index (κ2) is 10.7. The molecule has 0 spiro atoms. The molecule has 2 N–H and O–H groups in total. The van der Waals surface area contributed by atoms with E-state index in [1.807, 2.05) is 14.1 Å². The van der Waals surface area contributed by atoms with Crippen molar-refractivity contribution in [3.63, 3.8) is 0 Å². The average Bonchev–Trinajstić information content (AvgIpc) is 3.32. The SMILES string of the molecule is CN=C(NCCCOCC1CCCO1)NCC1(C(=O)N(C)C)CCCC1. The van der Waals surface area contributed by atoms with Gasteiger partial charge in [0.2, 0.25) is 5.91 Å². The largest absolute Gasteiger partial charge is 0.379 e. The number of nitrogens with zero attached hydrogens (tertiary/aromatic N) is 2. The summed E-state index contributed by atoms with van der Waals surface area (Å²) < 4.78 is 11.2. The number of hydrogen-bond acceptors (Lipinski definition) is 4. The Kier molecular flexibility index (Phi) is 8.65. The Morgan fingerprint density at radius 2 is 2.04 bits per heavy atom. The summed E-state index contributed by atoms with van der Waals surface area (Å²) >= 11 is 0. The van der Waals surface area contributed by atoms with Crippen LogP contribution in [0.15, 0.2) is 4.99 Å². The number of carbonyl (C=O) groups excluding carboxylic acids is 1. The third-order valence-electron chi connectivity index (χ3n) is 5.32. The molecular weight excluding hydrogens is 332 g/mol. The lowest BCUT2D eigenvalue weighted by Crippen LogP contribution is -2.49. The first-order chi connectivity index (χ1) is 12.6. The van der Waals surface area contributed by atoms with Crippen LogP contribution in [-0.4, -0.2) is 76.9 Å². The molecule has 1 aliphatic carbocycles. The van der Waals surface area contributed by atoms with Crippen molar-refractivity contribution >= 4 is 11.9 Å². The molecule has 0 radical (unpaired) electrons. The van der Waals surface area contributed by atoms with Crippen LogP contribution in [0.4, 0.5) is 0 Å². The van der Waals surface area contributed by atoms with Gasteiger partial charge >= 0.3 is 0 Å². The van der Waals surface area contributed by atoms with E-state index in [-0.39, 0.29) is 17.4 Å². The summed E-state index contributed by atoms with van der Waals surface area (Å²) in [6.45, 7) is 3.71. The minimum Gasteiger partial charge on any atom is -0.379 e. The predicted molar refractivity (Wildman–Crippen MR) is 103 cm³/mol. The van der Waals surface area contributed by atoms with Gasteiger partial charge in [-0.2, -0.15) is 0 Å². The van der Waals surface area contributed by atoms with Crippen molar-refractivity contribution in [1.82, 2.24) is 15.5 Å². The molecule has 150 valence electrons. The number of ether oxygens (including phenoxy) is 2. The van der Waals surface area contributed by atoms with E-state index >= 15 is 0 Å². The molecule has 7 heteroatoms. The number of aliphatic imine (C=N–C) groups is 1. The van der Waals surface area contributed by atoms with Gasteiger partial charge in [-0.3, -0.25) is 9.79 Å². The van der Waals surface area contributed by atoms with E-state index in [2.05, 4.69) is 15.6 Å². The summed E-state index contributed by atoms with van der Waals surface area (Å²) in [4.78, 5) is 18.6. The maximum atomic E-state index is 12.6. The zero-order valence-electron chi connectivity index (χ0n) is 16.7. The van der Waals surface area contributed by atoms with Gasteiger partial charge in [-0.15, -0.1) is 0 Å².